The second kappa shape index (κ2) is 8.59. The normalized spacial score (nSPS) is 23.8. The zero-order valence-electron chi connectivity index (χ0n) is 10.9. The molecule has 0 aromatic rings. The smallest absolute Gasteiger partial charge is 0.0352 e. The fourth-order valence-corrected chi connectivity index (χ4v) is 1.78. The van der Waals surface area contributed by atoms with E-state index in [0.29, 0.717) is 5.41 Å². The van der Waals surface area contributed by atoms with Crippen LogP contribution in [-0.4, -0.2) is 0 Å². The Morgan fingerprint density at radius 1 is 1.15 bits per heavy atom. The molecule has 1 unspecified atom stereocenters. The van der Waals surface area contributed by atoms with Crippen molar-refractivity contribution < 1.29 is 0 Å². The molecule has 0 aromatic heterocycles. The predicted molar refractivity (Wildman–Crippen MR) is 64.1 cm³/mol. The molecule has 0 spiro atoms. The highest BCUT2D eigenvalue weighted by Crippen LogP contribution is 2.40. The van der Waals surface area contributed by atoms with Gasteiger partial charge < -0.3 is 0 Å². The number of hydrogen-bond donors (Lipinski definition) is 0. The van der Waals surface area contributed by atoms with E-state index >= 15 is 0 Å². The van der Waals surface area contributed by atoms with E-state index in [-0.39, 0.29) is 0 Å². The fourth-order valence-electron chi connectivity index (χ4n) is 1.78. The third kappa shape index (κ3) is 9.92. The second-order valence-electron chi connectivity index (χ2n) is 4.72. The van der Waals surface area contributed by atoms with Gasteiger partial charge in [0.2, 0.25) is 0 Å². The summed E-state index contributed by atoms with van der Waals surface area (Å²) in [5, 5.41) is 0. The number of hydrogen-bond acceptors (Lipinski definition) is 0. The monoisotopic (exact) mass is 186 g/mol. The van der Waals surface area contributed by atoms with Crippen LogP contribution in [0.2, 0.25) is 0 Å². The van der Waals surface area contributed by atoms with Gasteiger partial charge in [-0.25, -0.2) is 0 Å². The van der Waals surface area contributed by atoms with Crippen LogP contribution in [-0.2, 0) is 0 Å². The Bertz CT molecular complexity index is 92.2. The standard InChI is InChI=1S/C8H16.C3H8.C2H6/c1-7-4-5-8(2,3)6-7;1-3-2;1-2/h7H,4-6H2,1-3H3;3H2,1-2H3;1-2H3. The molecule has 1 rings (SSSR count). The van der Waals surface area contributed by atoms with Gasteiger partial charge in [0.15, 0.2) is 0 Å². The fraction of sp³-hybridized carbons (Fsp3) is 1.00. The quantitative estimate of drug-likeness (QED) is 0.483. The molecule has 0 heteroatoms. The van der Waals surface area contributed by atoms with Gasteiger partial charge in [-0.15, -0.1) is 0 Å². The van der Waals surface area contributed by atoms with Gasteiger partial charge in [-0.2, -0.15) is 0 Å². The molecular weight excluding hydrogens is 156 g/mol. The Morgan fingerprint density at radius 2 is 1.54 bits per heavy atom. The van der Waals surface area contributed by atoms with Gasteiger partial charge in [-0.3, -0.25) is 0 Å². The first-order valence-corrected chi connectivity index (χ1v) is 6.02. The molecule has 1 saturated carbocycles. The summed E-state index contributed by atoms with van der Waals surface area (Å²) in [4.78, 5) is 0. The van der Waals surface area contributed by atoms with E-state index in [4.69, 9.17) is 0 Å². The molecule has 1 aliphatic carbocycles. The lowest BCUT2D eigenvalue weighted by Gasteiger charge is -2.15. The molecule has 1 fully saturated rings. The van der Waals surface area contributed by atoms with Crippen molar-refractivity contribution in [1.29, 1.82) is 0 Å². The summed E-state index contributed by atoms with van der Waals surface area (Å²) in [5.74, 6) is 0.991. The summed E-state index contributed by atoms with van der Waals surface area (Å²) in [6, 6.07) is 0. The summed E-state index contributed by atoms with van der Waals surface area (Å²) >= 11 is 0. The summed E-state index contributed by atoms with van der Waals surface area (Å²) in [6.07, 6.45) is 5.58. The molecule has 0 nitrogen and oxygen atoms in total. The molecule has 0 aromatic carbocycles. The van der Waals surface area contributed by atoms with Crippen LogP contribution in [0.4, 0.5) is 0 Å². The van der Waals surface area contributed by atoms with Gasteiger partial charge in [-0.05, 0) is 24.2 Å². The van der Waals surface area contributed by atoms with Gasteiger partial charge in [0, 0.05) is 0 Å². The third-order valence-electron chi connectivity index (χ3n) is 2.21. The molecule has 0 aliphatic heterocycles. The van der Waals surface area contributed by atoms with Gasteiger partial charge in [0.1, 0.15) is 0 Å². The van der Waals surface area contributed by atoms with Crippen LogP contribution >= 0.6 is 0 Å². The van der Waals surface area contributed by atoms with Crippen LogP contribution in [0.3, 0.4) is 0 Å². The van der Waals surface area contributed by atoms with Crippen molar-refractivity contribution in [3.63, 3.8) is 0 Å². The Hall–Kier alpha value is 0. The minimum atomic E-state index is 0.666. The van der Waals surface area contributed by atoms with Gasteiger partial charge >= 0.3 is 0 Å². The predicted octanol–water partition coefficient (Wildman–Crippen LogP) is 5.28. The van der Waals surface area contributed by atoms with Crippen molar-refractivity contribution >= 4 is 0 Å². The van der Waals surface area contributed by atoms with E-state index in [1.54, 1.807) is 0 Å². The molecule has 1 atom stereocenters. The van der Waals surface area contributed by atoms with Crippen molar-refractivity contribution in [2.75, 3.05) is 0 Å². The SMILES string of the molecule is CC.CC1CCC(C)(C)C1.CCC. The zero-order chi connectivity index (χ0) is 10.9. The Morgan fingerprint density at radius 3 is 1.62 bits per heavy atom. The topological polar surface area (TPSA) is 0 Å². The van der Waals surface area contributed by atoms with Crippen LogP contribution in [0.25, 0.3) is 0 Å². The van der Waals surface area contributed by atoms with Crippen LogP contribution in [0, 0.1) is 11.3 Å². The molecule has 13 heavy (non-hydrogen) atoms. The third-order valence-corrected chi connectivity index (χ3v) is 2.21. The summed E-state index contributed by atoms with van der Waals surface area (Å²) in [6.45, 7) is 15.3. The first-order chi connectivity index (χ1) is 6.02. The Labute approximate surface area is 86.1 Å². The highest BCUT2D eigenvalue weighted by atomic mass is 14.3. The number of rotatable bonds is 0. The molecule has 0 N–H and O–H groups in total. The van der Waals surface area contributed by atoms with Gasteiger partial charge in [0.25, 0.3) is 0 Å². The average molecular weight is 186 g/mol. The summed E-state index contributed by atoms with van der Waals surface area (Å²) in [5.41, 5.74) is 0.666. The highest BCUT2D eigenvalue weighted by Gasteiger charge is 2.27. The summed E-state index contributed by atoms with van der Waals surface area (Å²) < 4.78 is 0. The van der Waals surface area contributed by atoms with Crippen LogP contribution in [0.5, 0.6) is 0 Å². The van der Waals surface area contributed by atoms with Crippen LogP contribution in [0.1, 0.15) is 74.1 Å². The van der Waals surface area contributed by atoms with Crippen LogP contribution in [0.15, 0.2) is 0 Å². The highest BCUT2D eigenvalue weighted by molar-refractivity contribution is 4.79. The maximum Gasteiger partial charge on any atom is -0.0352 e. The lowest BCUT2D eigenvalue weighted by Crippen LogP contribution is -2.03. The molecule has 1 aliphatic rings. The van der Waals surface area contributed by atoms with E-state index < -0.39 is 0 Å². The molecular formula is C13H30. The average Bonchev–Trinajstić information content (AvgIpc) is 2.35. The molecule has 0 saturated heterocycles. The molecule has 0 bridgehead atoms. The van der Waals surface area contributed by atoms with E-state index in [9.17, 15) is 0 Å². The van der Waals surface area contributed by atoms with Crippen molar-refractivity contribution in [2.45, 2.75) is 74.1 Å². The van der Waals surface area contributed by atoms with Crippen molar-refractivity contribution in [2.24, 2.45) is 11.3 Å². The molecule has 0 radical (unpaired) electrons. The van der Waals surface area contributed by atoms with Gasteiger partial charge in [-0.1, -0.05) is 61.3 Å². The van der Waals surface area contributed by atoms with E-state index in [0.717, 1.165) is 5.92 Å². The van der Waals surface area contributed by atoms with Crippen molar-refractivity contribution in [3.05, 3.63) is 0 Å². The molecule has 82 valence electrons. The largest absolute Gasteiger partial charge is 0.0683 e. The van der Waals surface area contributed by atoms with Gasteiger partial charge in [0.05, 0.1) is 0 Å². The summed E-state index contributed by atoms with van der Waals surface area (Å²) in [7, 11) is 0. The first kappa shape index (κ1) is 15.5. The lowest BCUT2D eigenvalue weighted by molar-refractivity contribution is 0.366. The minimum absolute atomic E-state index is 0.666. The first-order valence-electron chi connectivity index (χ1n) is 6.02. The van der Waals surface area contributed by atoms with Crippen molar-refractivity contribution in [3.8, 4) is 0 Å². The maximum absolute atomic E-state index is 2.37. The zero-order valence-corrected chi connectivity index (χ0v) is 10.9. The van der Waals surface area contributed by atoms with E-state index in [1.165, 1.54) is 25.7 Å². The molecule has 0 heterocycles. The lowest BCUT2D eigenvalue weighted by atomic mass is 9.91. The van der Waals surface area contributed by atoms with E-state index in [1.807, 2.05) is 13.8 Å². The second-order valence-corrected chi connectivity index (χ2v) is 4.72. The molecule has 0 amide bonds. The Balaban J connectivity index is 0. The van der Waals surface area contributed by atoms with Crippen LogP contribution < -0.4 is 0 Å². The maximum atomic E-state index is 2.37. The minimum Gasteiger partial charge on any atom is -0.0683 e. The Kier molecular flexibility index (Phi) is 10.2. The van der Waals surface area contributed by atoms with Crippen molar-refractivity contribution in [1.82, 2.24) is 0 Å². The van der Waals surface area contributed by atoms with E-state index in [2.05, 4.69) is 34.6 Å².